The predicted molar refractivity (Wildman–Crippen MR) is 177 cm³/mol. The van der Waals surface area contributed by atoms with Gasteiger partial charge in [0.25, 0.3) is 6.47 Å². The Labute approximate surface area is 318 Å². The van der Waals surface area contributed by atoms with E-state index in [-0.39, 0.29) is 50.0 Å². The molecule has 0 aliphatic carbocycles. The summed E-state index contributed by atoms with van der Waals surface area (Å²) < 4.78 is 6.79. The van der Waals surface area contributed by atoms with E-state index in [2.05, 4.69) is 20.1 Å². The van der Waals surface area contributed by atoms with Crippen molar-refractivity contribution < 1.29 is 66.2 Å². The van der Waals surface area contributed by atoms with E-state index in [0.717, 1.165) is 33.9 Å². The monoisotopic (exact) mass is 838 g/mol. The smallest absolute Gasteiger partial charge is 0.317 e. The number of aliphatic carboxylic acids is 2. The molecule has 0 unspecified atom stereocenters. The largest absolute Gasteiger partial charge is 0.480 e. The molecule has 3 aliphatic heterocycles. The number of aromatic nitrogens is 5. The van der Waals surface area contributed by atoms with Crippen LogP contribution in [0, 0.1) is 36.9 Å². The number of carboxylic acid groups (broad SMARTS) is 2. The van der Waals surface area contributed by atoms with Crippen LogP contribution in [0.1, 0.15) is 17.1 Å². The van der Waals surface area contributed by atoms with Gasteiger partial charge in [0.05, 0.1) is 48.6 Å². The zero-order valence-electron chi connectivity index (χ0n) is 27.4. The van der Waals surface area contributed by atoms with Gasteiger partial charge in [-0.1, -0.05) is 23.4 Å². The molecule has 0 saturated carbocycles. The van der Waals surface area contributed by atoms with E-state index < -0.39 is 11.9 Å². The Balaban J connectivity index is 0.00000486. The van der Waals surface area contributed by atoms with Crippen molar-refractivity contribution in [2.45, 2.75) is 19.6 Å². The van der Waals surface area contributed by atoms with Crippen LogP contribution in [-0.2, 0) is 34.0 Å². The predicted octanol–water partition coefficient (Wildman–Crippen LogP) is 1.39. The van der Waals surface area contributed by atoms with Crippen LogP contribution in [0.3, 0.4) is 0 Å². The number of carbonyl (C=O) groups excluding carboxylic acids is 1. The van der Waals surface area contributed by atoms with Gasteiger partial charge in [0.2, 0.25) is 0 Å². The van der Waals surface area contributed by atoms with Crippen molar-refractivity contribution >= 4 is 18.4 Å². The van der Waals surface area contributed by atoms with Gasteiger partial charge in [-0.2, -0.15) is 0 Å². The molecule has 15 nitrogen and oxygen atoms in total. The zero-order valence-corrected chi connectivity index (χ0v) is 29.2. The van der Waals surface area contributed by atoms with Crippen LogP contribution in [0.25, 0.3) is 22.5 Å². The van der Waals surface area contributed by atoms with Gasteiger partial charge in [-0.05, 0) is 47.5 Å². The van der Waals surface area contributed by atoms with E-state index in [4.69, 9.17) is 14.7 Å². The third-order valence-electron chi connectivity index (χ3n) is 8.72. The molecule has 6 bridgehead atoms. The maximum atomic E-state index is 11.9. The van der Waals surface area contributed by atoms with Crippen molar-refractivity contribution in [2.24, 2.45) is 0 Å². The second kappa shape index (κ2) is 17.9. The third kappa shape index (κ3) is 10.3. The Hall–Kier alpha value is -3.86. The normalized spacial score (nSPS) is 19.0. The summed E-state index contributed by atoms with van der Waals surface area (Å²) in [5.41, 5.74) is 5.61. The number of pyridine rings is 2. The van der Waals surface area contributed by atoms with Crippen LogP contribution in [0.4, 0.5) is 0 Å². The van der Waals surface area contributed by atoms with Gasteiger partial charge < -0.3 is 14.9 Å². The molecule has 0 spiro atoms. The topological polar surface area (TPSA) is 170 Å². The number of nitrogens with zero attached hydrogens (tertiary/aromatic N) is 9. The van der Waals surface area contributed by atoms with Crippen molar-refractivity contribution in [3.8, 4) is 28.3 Å². The van der Waals surface area contributed by atoms with Gasteiger partial charge in [0.15, 0.2) is 0 Å². The standard InChI is InChI=1S/C34H39N9O6.Tm/c44-24-49-30-6-4-25(5-7-30)26-16-28-20-40-10-14-41(22-33(45)46)12-8-39(9-13-42(15-11-40)23-34(47)48)19-27-2-1-3-31(37-27)32-18-35-38-43(32)21-29(17-26)36-28;/h1-7,16-18,24H,8-15,19-23H2,(H,45,46)(H,47,48);. The molecule has 0 amide bonds. The second-order valence-corrected chi connectivity index (χ2v) is 12.3. The molecular weight excluding hydrogens is 799 g/mol. The first-order valence-electron chi connectivity index (χ1n) is 16.2. The quantitative estimate of drug-likeness (QED) is 0.256. The van der Waals surface area contributed by atoms with E-state index in [1.807, 2.05) is 52.3 Å². The van der Waals surface area contributed by atoms with E-state index in [1.54, 1.807) is 23.0 Å². The summed E-state index contributed by atoms with van der Waals surface area (Å²) in [6.45, 7) is 5.89. The molecule has 7 rings (SSSR count). The summed E-state index contributed by atoms with van der Waals surface area (Å²) in [6, 6.07) is 17.0. The molecule has 50 heavy (non-hydrogen) atoms. The fraction of sp³-hybridized carbons (Fsp3) is 0.382. The fourth-order valence-corrected chi connectivity index (χ4v) is 6.25. The minimum Gasteiger partial charge on any atom is -0.480 e. The Morgan fingerprint density at radius 1 is 0.720 bits per heavy atom. The molecular formula is C34H39N9O6Tm. The summed E-state index contributed by atoms with van der Waals surface area (Å²) in [5.74, 6) is -1.34. The fourth-order valence-electron chi connectivity index (χ4n) is 6.25. The van der Waals surface area contributed by atoms with Crippen molar-refractivity contribution in [3.63, 3.8) is 0 Å². The minimum atomic E-state index is -0.886. The van der Waals surface area contributed by atoms with Gasteiger partial charge in [-0.25, -0.2) is 9.67 Å². The van der Waals surface area contributed by atoms with Crippen LogP contribution in [0.5, 0.6) is 5.75 Å². The van der Waals surface area contributed by atoms with Crippen LogP contribution >= 0.6 is 0 Å². The van der Waals surface area contributed by atoms with Gasteiger partial charge in [0.1, 0.15) is 11.4 Å². The van der Waals surface area contributed by atoms with E-state index in [1.165, 1.54) is 0 Å². The van der Waals surface area contributed by atoms with Gasteiger partial charge in [-0.3, -0.25) is 39.0 Å². The molecule has 1 saturated heterocycles. The molecule has 16 heteroatoms. The van der Waals surface area contributed by atoms with Crippen LogP contribution in [-0.4, -0.2) is 139 Å². The van der Waals surface area contributed by atoms with Gasteiger partial charge in [0, 0.05) is 102 Å². The number of rotatable bonds is 7. The molecule has 1 radical (unpaired) electrons. The van der Waals surface area contributed by atoms with Gasteiger partial charge >= 0.3 is 11.9 Å². The van der Waals surface area contributed by atoms with Crippen molar-refractivity contribution in [2.75, 3.05) is 65.4 Å². The molecule has 6 heterocycles. The maximum Gasteiger partial charge on any atom is 0.317 e. The number of hydrogen-bond acceptors (Lipinski definition) is 12. The van der Waals surface area contributed by atoms with Crippen LogP contribution in [0.15, 0.2) is 60.8 Å². The molecule has 1 fully saturated rings. The Morgan fingerprint density at radius 2 is 1.30 bits per heavy atom. The molecule has 269 valence electrons. The van der Waals surface area contributed by atoms with Gasteiger partial charge in [-0.15, -0.1) is 5.10 Å². The van der Waals surface area contributed by atoms with Crippen LogP contribution in [0.2, 0.25) is 0 Å². The number of carboxylic acids is 2. The zero-order chi connectivity index (χ0) is 34.2. The second-order valence-electron chi connectivity index (χ2n) is 12.3. The molecule has 3 aliphatic rings. The summed E-state index contributed by atoms with van der Waals surface area (Å²) >= 11 is 0. The maximum absolute atomic E-state index is 11.9. The number of carbonyl (C=O) groups is 3. The van der Waals surface area contributed by atoms with E-state index in [0.29, 0.717) is 89.9 Å². The minimum absolute atomic E-state index is 0. The Bertz CT molecular complexity index is 1740. The first kappa shape index (κ1) is 37.4. The summed E-state index contributed by atoms with van der Waals surface area (Å²) in [5, 5.41) is 28.1. The average molecular weight is 839 g/mol. The average Bonchev–Trinajstić information content (AvgIpc) is 3.53. The third-order valence-corrected chi connectivity index (χ3v) is 8.72. The van der Waals surface area contributed by atoms with E-state index in [9.17, 15) is 24.6 Å². The number of ether oxygens (including phenoxy) is 1. The number of hydrogen-bond donors (Lipinski definition) is 2. The first-order valence-corrected chi connectivity index (χ1v) is 16.2. The number of benzene rings is 1. The van der Waals surface area contributed by atoms with Crippen molar-refractivity contribution in [1.29, 1.82) is 0 Å². The SMILES string of the molecule is O=COc1ccc(-c2cc3nc(c2)Cn2nncc2-c2cccc(n2)CN2CCN(CC(=O)O)CCN(CCN(CC(=O)O)CC2)C3)cc1.[Tm]. The number of fused-ring (bicyclic) bond motifs is 8. The molecule has 1 aromatic carbocycles. The Morgan fingerprint density at radius 3 is 1.88 bits per heavy atom. The summed E-state index contributed by atoms with van der Waals surface area (Å²) in [7, 11) is 0. The Kier molecular flexibility index (Phi) is 13.4. The molecule has 3 aromatic heterocycles. The molecule has 0 atom stereocenters. The van der Waals surface area contributed by atoms with E-state index >= 15 is 0 Å². The first-order chi connectivity index (χ1) is 23.8. The van der Waals surface area contributed by atoms with Crippen LogP contribution < -0.4 is 4.74 Å². The van der Waals surface area contributed by atoms with Crippen molar-refractivity contribution in [1.82, 2.24) is 44.6 Å². The molecule has 4 aromatic rings. The summed E-state index contributed by atoms with van der Waals surface area (Å²) in [4.78, 5) is 52.9. The summed E-state index contributed by atoms with van der Waals surface area (Å²) in [6.07, 6.45) is 1.69. The molecule has 2 N–H and O–H groups in total. The van der Waals surface area contributed by atoms with Crippen molar-refractivity contribution in [3.05, 3.63) is 77.9 Å².